The van der Waals surface area contributed by atoms with E-state index in [1.807, 2.05) is 0 Å². The highest BCUT2D eigenvalue weighted by atomic mass is 32.1. The van der Waals surface area contributed by atoms with E-state index >= 15 is 0 Å². The number of hydrogen-bond acceptors (Lipinski definition) is 1. The standard InChI is InChI=1S/C16H12S/c1-3-7-13(8-4-1)15-11-17-12-16(15)14-9-5-2-6-10-14/h1-12H. The Labute approximate surface area is 105 Å². The molecule has 0 unspecified atom stereocenters. The molecule has 0 aliphatic heterocycles. The van der Waals surface area contributed by atoms with E-state index in [4.69, 9.17) is 0 Å². The van der Waals surface area contributed by atoms with Gasteiger partial charge in [-0.15, -0.1) is 0 Å². The summed E-state index contributed by atoms with van der Waals surface area (Å²) in [6.45, 7) is 0. The summed E-state index contributed by atoms with van der Waals surface area (Å²) in [5.74, 6) is 0. The molecule has 0 atom stereocenters. The predicted octanol–water partition coefficient (Wildman–Crippen LogP) is 5.08. The largest absolute Gasteiger partial charge is 0.151 e. The highest BCUT2D eigenvalue weighted by Crippen LogP contribution is 2.34. The molecule has 0 fully saturated rings. The van der Waals surface area contributed by atoms with Crippen molar-refractivity contribution in [3.05, 3.63) is 71.4 Å². The molecule has 2 aromatic carbocycles. The van der Waals surface area contributed by atoms with Gasteiger partial charge in [0.2, 0.25) is 0 Å². The molecule has 82 valence electrons. The van der Waals surface area contributed by atoms with Gasteiger partial charge in [-0.3, -0.25) is 0 Å². The molecular formula is C16H12S. The molecule has 17 heavy (non-hydrogen) atoms. The molecule has 0 saturated heterocycles. The number of rotatable bonds is 2. The second-order valence-electron chi connectivity index (χ2n) is 3.93. The van der Waals surface area contributed by atoms with Gasteiger partial charge in [-0.25, -0.2) is 0 Å². The Morgan fingerprint density at radius 1 is 0.529 bits per heavy atom. The lowest BCUT2D eigenvalue weighted by molar-refractivity contribution is 1.64. The van der Waals surface area contributed by atoms with Gasteiger partial charge in [0.25, 0.3) is 0 Å². The van der Waals surface area contributed by atoms with Gasteiger partial charge in [0, 0.05) is 11.1 Å². The summed E-state index contributed by atoms with van der Waals surface area (Å²) in [5, 5.41) is 4.44. The molecule has 0 bridgehead atoms. The highest BCUT2D eigenvalue weighted by Gasteiger charge is 2.07. The molecule has 3 rings (SSSR count). The summed E-state index contributed by atoms with van der Waals surface area (Å²) in [4.78, 5) is 0. The molecular weight excluding hydrogens is 224 g/mol. The summed E-state index contributed by atoms with van der Waals surface area (Å²) in [6, 6.07) is 21.1. The third-order valence-corrected chi connectivity index (χ3v) is 3.58. The second-order valence-corrected chi connectivity index (χ2v) is 4.67. The maximum atomic E-state index is 2.22. The lowest BCUT2D eigenvalue weighted by Crippen LogP contribution is -1.78. The quantitative estimate of drug-likeness (QED) is 0.582. The van der Waals surface area contributed by atoms with Gasteiger partial charge < -0.3 is 0 Å². The average molecular weight is 236 g/mol. The minimum Gasteiger partial charge on any atom is -0.151 e. The third-order valence-electron chi connectivity index (χ3n) is 2.83. The first-order valence-corrected chi connectivity index (χ1v) is 6.56. The van der Waals surface area contributed by atoms with E-state index in [9.17, 15) is 0 Å². The highest BCUT2D eigenvalue weighted by molar-refractivity contribution is 7.08. The van der Waals surface area contributed by atoms with Gasteiger partial charge in [-0.1, -0.05) is 60.7 Å². The van der Waals surface area contributed by atoms with Crippen molar-refractivity contribution in [1.29, 1.82) is 0 Å². The van der Waals surface area contributed by atoms with Crippen molar-refractivity contribution >= 4 is 11.3 Å². The van der Waals surface area contributed by atoms with Crippen molar-refractivity contribution in [2.45, 2.75) is 0 Å². The summed E-state index contributed by atoms with van der Waals surface area (Å²) < 4.78 is 0. The van der Waals surface area contributed by atoms with Crippen LogP contribution in [0.15, 0.2) is 71.4 Å². The van der Waals surface area contributed by atoms with Gasteiger partial charge in [0.1, 0.15) is 0 Å². The van der Waals surface area contributed by atoms with E-state index in [0.717, 1.165) is 0 Å². The van der Waals surface area contributed by atoms with Crippen molar-refractivity contribution in [3.63, 3.8) is 0 Å². The van der Waals surface area contributed by atoms with Crippen LogP contribution in [-0.2, 0) is 0 Å². The number of benzene rings is 2. The van der Waals surface area contributed by atoms with Crippen LogP contribution in [0.2, 0.25) is 0 Å². The lowest BCUT2D eigenvalue weighted by atomic mass is 9.99. The zero-order chi connectivity index (χ0) is 11.5. The fourth-order valence-corrected chi connectivity index (χ4v) is 2.85. The van der Waals surface area contributed by atoms with E-state index in [1.54, 1.807) is 11.3 Å². The van der Waals surface area contributed by atoms with Crippen molar-refractivity contribution in [3.8, 4) is 22.3 Å². The van der Waals surface area contributed by atoms with E-state index in [-0.39, 0.29) is 0 Å². The van der Waals surface area contributed by atoms with Crippen LogP contribution >= 0.6 is 11.3 Å². The van der Waals surface area contributed by atoms with Crippen molar-refractivity contribution in [2.75, 3.05) is 0 Å². The molecule has 0 radical (unpaired) electrons. The minimum atomic E-state index is 1.28. The van der Waals surface area contributed by atoms with E-state index < -0.39 is 0 Å². The van der Waals surface area contributed by atoms with Gasteiger partial charge in [-0.2, -0.15) is 11.3 Å². The van der Waals surface area contributed by atoms with E-state index in [1.165, 1.54) is 22.3 Å². The average Bonchev–Trinajstić information content (AvgIpc) is 2.90. The SMILES string of the molecule is c1ccc(-c2cscc2-c2ccccc2)cc1. The maximum absolute atomic E-state index is 2.22. The van der Waals surface area contributed by atoms with Crippen LogP contribution in [0.1, 0.15) is 0 Å². The summed E-state index contributed by atoms with van der Waals surface area (Å²) in [5.41, 5.74) is 5.21. The molecule has 0 spiro atoms. The molecule has 0 aliphatic carbocycles. The van der Waals surface area contributed by atoms with Crippen LogP contribution in [-0.4, -0.2) is 0 Å². The zero-order valence-electron chi connectivity index (χ0n) is 9.34. The summed E-state index contributed by atoms with van der Waals surface area (Å²) in [7, 11) is 0. The minimum absolute atomic E-state index is 1.28. The Morgan fingerprint density at radius 2 is 0.941 bits per heavy atom. The third kappa shape index (κ3) is 2.02. The second kappa shape index (κ2) is 4.56. The van der Waals surface area contributed by atoms with Crippen LogP contribution < -0.4 is 0 Å². The molecule has 0 saturated carbocycles. The van der Waals surface area contributed by atoms with Crippen molar-refractivity contribution in [1.82, 2.24) is 0 Å². The van der Waals surface area contributed by atoms with Crippen LogP contribution in [0.4, 0.5) is 0 Å². The molecule has 0 N–H and O–H groups in total. The molecule has 0 aliphatic rings. The molecule has 3 aromatic rings. The fraction of sp³-hybridized carbons (Fsp3) is 0. The van der Waals surface area contributed by atoms with Crippen molar-refractivity contribution < 1.29 is 0 Å². The molecule has 1 aromatic heterocycles. The Hall–Kier alpha value is -1.86. The van der Waals surface area contributed by atoms with Crippen LogP contribution in [0, 0.1) is 0 Å². The smallest absolute Gasteiger partial charge is 0.000184 e. The zero-order valence-corrected chi connectivity index (χ0v) is 10.2. The molecule has 1 heterocycles. The Kier molecular flexibility index (Phi) is 2.76. The molecule has 0 amide bonds. The first-order valence-electron chi connectivity index (χ1n) is 5.62. The summed E-state index contributed by atoms with van der Waals surface area (Å²) in [6.07, 6.45) is 0. The molecule has 1 heteroatoms. The van der Waals surface area contributed by atoms with Gasteiger partial charge in [-0.05, 0) is 21.9 Å². The van der Waals surface area contributed by atoms with Crippen molar-refractivity contribution in [2.24, 2.45) is 0 Å². The maximum Gasteiger partial charge on any atom is 0.000184 e. The molecule has 0 nitrogen and oxygen atoms in total. The number of thiophene rings is 1. The monoisotopic (exact) mass is 236 g/mol. The normalized spacial score (nSPS) is 10.4. The van der Waals surface area contributed by atoms with Crippen LogP contribution in [0.3, 0.4) is 0 Å². The van der Waals surface area contributed by atoms with Gasteiger partial charge in [0.15, 0.2) is 0 Å². The first kappa shape index (κ1) is 10.3. The summed E-state index contributed by atoms with van der Waals surface area (Å²) >= 11 is 1.76. The van der Waals surface area contributed by atoms with Crippen LogP contribution in [0.25, 0.3) is 22.3 Å². The lowest BCUT2D eigenvalue weighted by Gasteiger charge is -2.04. The Bertz CT molecular complexity index is 540. The Balaban J connectivity index is 2.13. The fourth-order valence-electron chi connectivity index (χ4n) is 1.98. The Morgan fingerprint density at radius 3 is 1.35 bits per heavy atom. The van der Waals surface area contributed by atoms with Crippen LogP contribution in [0.5, 0.6) is 0 Å². The van der Waals surface area contributed by atoms with E-state index in [2.05, 4.69) is 71.4 Å². The first-order chi connectivity index (χ1) is 8.45. The predicted molar refractivity (Wildman–Crippen MR) is 75.2 cm³/mol. The number of hydrogen-bond donors (Lipinski definition) is 0. The topological polar surface area (TPSA) is 0 Å². The van der Waals surface area contributed by atoms with Gasteiger partial charge in [0.05, 0.1) is 0 Å². The van der Waals surface area contributed by atoms with Gasteiger partial charge >= 0.3 is 0 Å². The van der Waals surface area contributed by atoms with E-state index in [0.29, 0.717) is 0 Å².